The van der Waals surface area contributed by atoms with Gasteiger partial charge in [0.15, 0.2) is 12.6 Å². The molecule has 99 heavy (non-hydrogen) atoms. The normalized spacial score (nSPS) is 51.2. The van der Waals surface area contributed by atoms with Crippen molar-refractivity contribution in [3.8, 4) is 0 Å². The average Bonchev–Trinajstić information content (AvgIpc) is 1.47. The molecule has 7 N–H and O–H groups in total. The summed E-state index contributed by atoms with van der Waals surface area (Å²) in [6.07, 6.45) is 17.6. The molecular weight excluding hydrogens is 1320 g/mol. The lowest BCUT2D eigenvalue weighted by Gasteiger charge is -2.64. The zero-order valence-corrected chi connectivity index (χ0v) is 65.3. The second kappa shape index (κ2) is 25.0. The Morgan fingerprint density at radius 1 is 0.566 bits per heavy atom. The molecule has 16 aliphatic rings. The molecule has 6 heterocycles. The van der Waals surface area contributed by atoms with Crippen molar-refractivity contribution < 1.29 is 75.2 Å². The van der Waals surface area contributed by atoms with Gasteiger partial charge in [-0.15, -0.1) is 0 Å². The van der Waals surface area contributed by atoms with Crippen molar-refractivity contribution in [2.45, 2.75) is 296 Å². The van der Waals surface area contributed by atoms with E-state index < -0.39 is 60.7 Å². The van der Waals surface area contributed by atoms with Gasteiger partial charge >= 0.3 is 0 Å². The van der Waals surface area contributed by atoms with Crippen molar-refractivity contribution >= 4 is 29.8 Å². The summed E-state index contributed by atoms with van der Waals surface area (Å²) in [6.45, 7) is 39.5. The number of halogens is 1. The lowest BCUT2D eigenvalue weighted by molar-refractivity contribution is -0.256. The summed E-state index contributed by atoms with van der Waals surface area (Å²) in [4.78, 5) is 4.99. The molecule has 10 aliphatic carbocycles. The lowest BCUT2D eigenvalue weighted by Crippen LogP contribution is -2.61. The summed E-state index contributed by atoms with van der Waals surface area (Å²) in [5.74, 6) is 3.24. The van der Waals surface area contributed by atoms with Crippen LogP contribution in [-0.2, 0) is 57.0 Å². The molecule has 23 heteroatoms. The van der Waals surface area contributed by atoms with Gasteiger partial charge < -0.3 is 64.1 Å². The van der Waals surface area contributed by atoms with Gasteiger partial charge in [-0.3, -0.25) is 9.80 Å². The first-order valence-electron chi connectivity index (χ1n) is 38.8. The third kappa shape index (κ3) is 11.6. The molecule has 6 saturated heterocycles. The highest BCUT2D eigenvalue weighted by Crippen LogP contribution is 2.91. The summed E-state index contributed by atoms with van der Waals surface area (Å²) in [5, 5.41) is 46.9. The molecule has 0 bridgehead atoms. The monoisotopic (exact) mass is 1450 g/mol. The number of hydrogen-bond donors (Lipinski definition) is 6. The Morgan fingerprint density at radius 3 is 1.30 bits per heavy atom. The van der Waals surface area contributed by atoms with E-state index >= 15 is 0 Å². The first-order chi connectivity index (χ1) is 45.9. The van der Waals surface area contributed by atoms with Crippen LogP contribution >= 0.6 is 10.7 Å². The molecule has 0 aromatic rings. The maximum absolute atomic E-state index is 12.6. The maximum Gasteiger partial charge on any atom is 0.229 e. The van der Waals surface area contributed by atoms with Crippen molar-refractivity contribution in [2.75, 3.05) is 78.3 Å². The fraction of sp³-hybridized carbons (Fsp3) is 1.00. The van der Waals surface area contributed by atoms with Crippen LogP contribution in [-0.4, -0.2) is 222 Å². The van der Waals surface area contributed by atoms with Crippen LogP contribution in [0, 0.1) is 101 Å². The van der Waals surface area contributed by atoms with E-state index in [0.717, 1.165) is 110 Å². The largest absolute Gasteiger partial charge is 0.390 e. The molecule has 568 valence electrons. The fourth-order valence-electron chi connectivity index (χ4n) is 28.3. The second-order valence-electron chi connectivity index (χ2n) is 39.2. The summed E-state index contributed by atoms with van der Waals surface area (Å²) in [5.41, 5.74) is 4.98. The minimum Gasteiger partial charge on any atom is -0.390 e. The molecule has 16 rings (SSSR count). The van der Waals surface area contributed by atoms with Crippen molar-refractivity contribution in [1.82, 2.24) is 14.5 Å². The Balaban J connectivity index is 0.000000159. The van der Waals surface area contributed by atoms with Crippen LogP contribution < -0.4 is 10.5 Å². The number of rotatable bonds is 12. The van der Waals surface area contributed by atoms with Crippen LogP contribution in [0.5, 0.6) is 0 Å². The number of sulfonamides is 1. The van der Waals surface area contributed by atoms with Crippen LogP contribution in [0.25, 0.3) is 0 Å². The quantitative estimate of drug-likeness (QED) is 0.100. The highest BCUT2D eigenvalue weighted by Gasteiger charge is 2.87. The van der Waals surface area contributed by atoms with Crippen LogP contribution in [0.15, 0.2) is 0 Å². The minimum atomic E-state index is -3.59. The van der Waals surface area contributed by atoms with E-state index in [1.807, 2.05) is 0 Å². The molecule has 4 spiro atoms. The number of aliphatic hydroxyl groups excluding tert-OH is 2. The van der Waals surface area contributed by atoms with E-state index in [0.29, 0.717) is 76.9 Å². The zero-order valence-electron chi connectivity index (χ0n) is 62.9. The van der Waals surface area contributed by atoms with Crippen molar-refractivity contribution in [1.29, 1.82) is 0 Å². The molecule has 10 saturated carbocycles. The summed E-state index contributed by atoms with van der Waals surface area (Å²) >= 11 is 0. The molecule has 6 aliphatic heterocycles. The molecule has 28 atom stereocenters. The number of hydrogen-bond acceptors (Lipinski definition) is 19. The van der Waals surface area contributed by atoms with Crippen LogP contribution in [0.3, 0.4) is 0 Å². The van der Waals surface area contributed by atoms with Crippen molar-refractivity contribution in [2.24, 2.45) is 107 Å². The topological polar surface area (TPSA) is 268 Å². The highest BCUT2D eigenvalue weighted by molar-refractivity contribution is 8.13. The standard InChI is InChI=1S/C38H64N2O8S.C37H62N2O6.CH3ClO2S/c1-22-17-24(31(34(4,5)42)39-49(8,43)44)47-30-29(22)35(6)13-14-38-21-37(38)12-11-27(48-28-18-40(15-16-46-28)23-19-45-20-23)33(2,3)25(37)9-10-26(38)36(35,7)32(30)41;1-21-16-23(30(38)33(4,5)41)44-29-28(21)34(6)12-13-37-20-36(37)11-10-26(45-27-17-39(14-15-43-27)22-18-42-19-22)32(2,3)24(36)8-9-25(37)35(34,7)31(29)40;1-5(2,3)4/h22-32,39,41-42H,9-21H2,1-8H3;21-31,40-41H,8-20,38H2,1-7H3;1H3/t22-,24-,25+,26+,27?,28+,29+,30+,31+,32+,35-,36-,37?,38+;21-,23-,24+,25+,26?,27+,28+,29+,30+,31+,34-,35-,36?,37+;/m11./s1. The van der Waals surface area contributed by atoms with Gasteiger partial charge in [-0.2, -0.15) is 0 Å². The number of nitrogens with one attached hydrogen (secondary N) is 1. The van der Waals surface area contributed by atoms with Gasteiger partial charge in [0.25, 0.3) is 0 Å². The molecule has 20 nitrogen and oxygen atoms in total. The molecule has 0 aromatic heterocycles. The van der Waals surface area contributed by atoms with E-state index in [2.05, 4.69) is 94.4 Å². The van der Waals surface area contributed by atoms with Gasteiger partial charge in [-0.25, -0.2) is 21.6 Å². The number of aliphatic hydroxyl groups is 4. The first-order valence-corrected chi connectivity index (χ1v) is 43.4. The van der Waals surface area contributed by atoms with E-state index in [-0.39, 0.29) is 92.8 Å². The molecule has 0 aromatic carbocycles. The van der Waals surface area contributed by atoms with Gasteiger partial charge in [0.2, 0.25) is 19.1 Å². The first kappa shape index (κ1) is 75.4. The van der Waals surface area contributed by atoms with Crippen LogP contribution in [0.2, 0.25) is 0 Å². The number of ether oxygens (including phenoxy) is 8. The van der Waals surface area contributed by atoms with Crippen molar-refractivity contribution in [3.05, 3.63) is 0 Å². The summed E-state index contributed by atoms with van der Waals surface area (Å²) in [7, 11) is -2.28. The maximum atomic E-state index is 12.6. The third-order valence-corrected chi connectivity index (χ3v) is 33.9. The predicted octanol–water partition coefficient (Wildman–Crippen LogP) is 8.46. The highest BCUT2D eigenvalue weighted by atomic mass is 35.7. The van der Waals surface area contributed by atoms with Gasteiger partial charge in [-0.05, 0) is 221 Å². The average molecular weight is 1450 g/mol. The van der Waals surface area contributed by atoms with E-state index in [1.165, 1.54) is 57.8 Å². The summed E-state index contributed by atoms with van der Waals surface area (Å²) < 4.78 is 97.1. The number of fused-ring (bicyclic) bond motifs is 8. The molecule has 4 unspecified atom stereocenters. The number of morpholine rings is 2. The molecule has 0 amide bonds. The molecule has 0 radical (unpaired) electrons. The Bertz CT molecular complexity index is 3230. The van der Waals surface area contributed by atoms with Crippen molar-refractivity contribution in [3.63, 3.8) is 0 Å². The molecule has 16 fully saturated rings. The second-order valence-corrected chi connectivity index (χ2v) is 44.0. The van der Waals surface area contributed by atoms with Gasteiger partial charge in [-0.1, -0.05) is 69.2 Å². The van der Waals surface area contributed by atoms with Gasteiger partial charge in [0, 0.05) is 34.6 Å². The Kier molecular flexibility index (Phi) is 19.1. The minimum absolute atomic E-state index is 0.0261. The number of nitrogens with zero attached hydrogens (tertiary/aromatic N) is 2. The van der Waals surface area contributed by atoms with Crippen LogP contribution in [0.1, 0.15) is 200 Å². The molecular formula is C76H129ClN4O16S2. The SMILES string of the molecule is CS(=O)(=O)Cl.C[C@@H]1C[C@H]([C@H](N)C(C)(C)O)O[C@H]2[C@H]1[C@@]1(C)CC[C@@]34CC35CCC(O[C@H]3CN(C6COC6)CCO3)C(C)(C)[C@@H]5CC[C@H]4[C@]1(C)[C@H]2O.C[C@@H]1C[C@H]([C@H](NS(C)(=O)=O)C(C)(C)O)O[C@H]2[C@H]1[C@@]1(C)CC[C@@]34CC35CCC(O[C@H]3CN(C6COC6)CCO3)C(C)(C)[C@@H]5CC[C@H]4[C@]1(C)[C@H]2O. The predicted molar refractivity (Wildman–Crippen MR) is 377 cm³/mol. The zero-order chi connectivity index (χ0) is 71.6. The van der Waals surface area contributed by atoms with E-state index in [1.54, 1.807) is 27.7 Å². The van der Waals surface area contributed by atoms with E-state index in [4.69, 9.17) is 43.6 Å². The Labute approximate surface area is 598 Å². The van der Waals surface area contributed by atoms with Gasteiger partial charge in [0.1, 0.15) is 0 Å². The Hall–Kier alpha value is -0.450. The van der Waals surface area contributed by atoms with E-state index in [9.17, 15) is 37.3 Å². The fourth-order valence-corrected chi connectivity index (χ4v) is 29.2. The Morgan fingerprint density at radius 2 is 0.939 bits per heavy atom. The smallest absolute Gasteiger partial charge is 0.229 e. The number of nitrogens with two attached hydrogens (primary N) is 1. The lowest BCUT2D eigenvalue weighted by atomic mass is 9.41. The van der Waals surface area contributed by atoms with Gasteiger partial charge in [0.05, 0.1) is 149 Å². The summed E-state index contributed by atoms with van der Waals surface area (Å²) in [6, 6.07) is -0.254. The third-order valence-electron chi connectivity index (χ3n) is 33.3. The van der Waals surface area contributed by atoms with Crippen LogP contribution in [0.4, 0.5) is 0 Å².